The number of hydrogen-bond acceptors (Lipinski definition) is 2. The fourth-order valence-corrected chi connectivity index (χ4v) is 0.378. The monoisotopic (exact) mass is 167 g/mol. The summed E-state index contributed by atoms with van der Waals surface area (Å²) >= 11 is 0. The molecule has 0 aliphatic rings. The normalized spacial score (nSPS) is 10.1. The molecule has 0 aromatic rings. The minimum absolute atomic E-state index is 0.773. The molecule has 0 amide bonds. The Morgan fingerprint density at radius 2 is 2.00 bits per heavy atom. The molecule has 0 rings (SSSR count). The molecule has 0 aromatic heterocycles. The maximum atomic E-state index is 9.85. The van der Waals surface area contributed by atoms with Gasteiger partial charge in [0.1, 0.15) is 6.29 Å². The fraction of sp³-hybridized carbons (Fsp3) is 0.300. The van der Waals surface area contributed by atoms with E-state index in [0.717, 1.165) is 11.9 Å². The molecule has 1 N–H and O–H groups in total. The molecule has 0 heterocycles. The predicted molar refractivity (Wildman–Crippen MR) is 53.9 cm³/mol. The van der Waals surface area contributed by atoms with Crippen molar-refractivity contribution in [2.24, 2.45) is 0 Å². The average molecular weight is 167 g/mol. The van der Waals surface area contributed by atoms with E-state index in [-0.39, 0.29) is 0 Å². The van der Waals surface area contributed by atoms with E-state index in [1.165, 1.54) is 6.08 Å². The van der Waals surface area contributed by atoms with Gasteiger partial charge in [-0.1, -0.05) is 6.08 Å². The molecule has 0 spiro atoms. The lowest BCUT2D eigenvalue weighted by Crippen LogP contribution is -1.90. The zero-order valence-electron chi connectivity index (χ0n) is 8.00. The summed E-state index contributed by atoms with van der Waals surface area (Å²) in [5.74, 6) is 0. The van der Waals surface area contributed by atoms with Crippen molar-refractivity contribution in [1.29, 1.82) is 0 Å². The Kier molecular flexibility index (Phi) is 13.7. The van der Waals surface area contributed by atoms with Crippen LogP contribution >= 0.6 is 0 Å². The summed E-state index contributed by atoms with van der Waals surface area (Å²) in [6.45, 7) is 7.11. The second-order valence-corrected chi connectivity index (χ2v) is 2.08. The lowest BCUT2D eigenvalue weighted by Gasteiger charge is -1.86. The number of carbonyl (C=O) groups excluding carboxylic acids is 1. The van der Waals surface area contributed by atoms with Crippen LogP contribution in [-0.2, 0) is 4.79 Å². The van der Waals surface area contributed by atoms with Gasteiger partial charge in [-0.05, 0) is 37.8 Å². The molecular weight excluding hydrogens is 150 g/mol. The van der Waals surface area contributed by atoms with Gasteiger partial charge in [0.25, 0.3) is 0 Å². The van der Waals surface area contributed by atoms with Gasteiger partial charge in [-0.3, -0.25) is 4.79 Å². The first kappa shape index (κ1) is 13.3. The van der Waals surface area contributed by atoms with E-state index >= 15 is 0 Å². The minimum Gasteiger partial charge on any atom is -0.394 e. The largest absolute Gasteiger partial charge is 0.394 e. The van der Waals surface area contributed by atoms with Crippen molar-refractivity contribution in [3.63, 3.8) is 0 Å². The van der Waals surface area contributed by atoms with Crippen molar-refractivity contribution in [2.45, 2.75) is 13.8 Å². The molecule has 0 saturated carbocycles. The van der Waals surface area contributed by atoms with Crippen LogP contribution in [0.25, 0.3) is 0 Å². The molecule has 0 saturated heterocycles. The standard InChI is InChI=1S/C7H11NO.C3H6/c1-7(4-6-9)3-5-8-2;1-3-2/h3-6,8H,1-2H3;3H,1H2,2H3/b5-3-,7-4-;. The molecule has 0 aliphatic carbocycles. The fourth-order valence-electron chi connectivity index (χ4n) is 0.378. The van der Waals surface area contributed by atoms with Gasteiger partial charge < -0.3 is 5.32 Å². The summed E-state index contributed by atoms with van der Waals surface area (Å²) in [5, 5.41) is 2.82. The molecule has 0 radical (unpaired) electrons. The predicted octanol–water partition coefficient (Wildman–Crippen LogP) is 2.06. The van der Waals surface area contributed by atoms with Crippen molar-refractivity contribution in [2.75, 3.05) is 7.05 Å². The van der Waals surface area contributed by atoms with Gasteiger partial charge in [0, 0.05) is 7.05 Å². The van der Waals surface area contributed by atoms with E-state index in [1.54, 1.807) is 12.3 Å². The third-order valence-corrected chi connectivity index (χ3v) is 0.844. The van der Waals surface area contributed by atoms with Crippen molar-refractivity contribution in [3.8, 4) is 0 Å². The minimum atomic E-state index is 0.773. The Bertz CT molecular complexity index is 169. The summed E-state index contributed by atoms with van der Waals surface area (Å²) in [5.41, 5.74) is 0.944. The van der Waals surface area contributed by atoms with Crippen LogP contribution in [0.4, 0.5) is 0 Å². The van der Waals surface area contributed by atoms with Crippen LogP contribution in [-0.4, -0.2) is 13.3 Å². The van der Waals surface area contributed by atoms with Gasteiger partial charge in [-0.15, -0.1) is 6.58 Å². The quantitative estimate of drug-likeness (QED) is 0.302. The molecule has 2 nitrogen and oxygen atoms in total. The molecule has 0 atom stereocenters. The molecule has 0 aliphatic heterocycles. The highest BCUT2D eigenvalue weighted by molar-refractivity contribution is 5.66. The second kappa shape index (κ2) is 12.4. The van der Waals surface area contributed by atoms with Gasteiger partial charge in [-0.2, -0.15) is 0 Å². The van der Waals surface area contributed by atoms with Crippen LogP contribution in [0.15, 0.2) is 36.6 Å². The molecule has 0 bridgehead atoms. The molecule has 68 valence electrons. The third-order valence-electron chi connectivity index (χ3n) is 0.844. The first-order valence-electron chi connectivity index (χ1n) is 3.75. The lowest BCUT2D eigenvalue weighted by molar-refractivity contribution is -0.104. The van der Waals surface area contributed by atoms with Crippen molar-refractivity contribution in [3.05, 3.63) is 36.6 Å². The van der Waals surface area contributed by atoms with Crippen LogP contribution < -0.4 is 5.32 Å². The van der Waals surface area contributed by atoms with E-state index in [9.17, 15) is 4.79 Å². The van der Waals surface area contributed by atoms with Gasteiger partial charge in [0.15, 0.2) is 0 Å². The van der Waals surface area contributed by atoms with Crippen molar-refractivity contribution >= 4 is 6.29 Å². The molecular formula is C10H17NO. The zero-order valence-corrected chi connectivity index (χ0v) is 8.00. The van der Waals surface area contributed by atoms with Gasteiger partial charge in [0.05, 0.1) is 0 Å². The highest BCUT2D eigenvalue weighted by atomic mass is 16.1. The number of hydrogen-bond donors (Lipinski definition) is 1. The molecule has 0 unspecified atom stereocenters. The first-order chi connectivity index (χ1) is 5.72. The Balaban J connectivity index is 0. The summed E-state index contributed by atoms with van der Waals surface area (Å²) in [6.07, 6.45) is 7.63. The summed E-state index contributed by atoms with van der Waals surface area (Å²) in [7, 11) is 1.81. The van der Waals surface area contributed by atoms with E-state index in [4.69, 9.17) is 0 Å². The topological polar surface area (TPSA) is 29.1 Å². The molecule has 0 aromatic carbocycles. The van der Waals surface area contributed by atoms with Crippen LogP contribution in [0.3, 0.4) is 0 Å². The van der Waals surface area contributed by atoms with E-state index in [2.05, 4.69) is 11.9 Å². The lowest BCUT2D eigenvalue weighted by atomic mass is 10.3. The maximum absolute atomic E-state index is 9.85. The summed E-state index contributed by atoms with van der Waals surface area (Å²) in [4.78, 5) is 9.85. The molecule has 2 heteroatoms. The zero-order chi connectivity index (χ0) is 9.82. The van der Waals surface area contributed by atoms with Crippen molar-refractivity contribution in [1.82, 2.24) is 5.32 Å². The van der Waals surface area contributed by atoms with E-state index in [1.807, 2.05) is 27.0 Å². The Morgan fingerprint density at radius 3 is 2.33 bits per heavy atom. The smallest absolute Gasteiger partial charge is 0.143 e. The second-order valence-electron chi connectivity index (χ2n) is 2.08. The van der Waals surface area contributed by atoms with Crippen LogP contribution in [0, 0.1) is 0 Å². The van der Waals surface area contributed by atoms with Crippen LogP contribution in [0.1, 0.15) is 13.8 Å². The van der Waals surface area contributed by atoms with Crippen LogP contribution in [0.2, 0.25) is 0 Å². The SMILES string of the molecule is C=CC.CN/C=C\C(C)=C/C=O. The van der Waals surface area contributed by atoms with Gasteiger partial charge in [0.2, 0.25) is 0 Å². The van der Waals surface area contributed by atoms with E-state index < -0.39 is 0 Å². The average Bonchev–Trinajstić information content (AvgIpc) is 2.03. The Labute approximate surface area is 74.7 Å². The first-order valence-corrected chi connectivity index (χ1v) is 3.75. The summed E-state index contributed by atoms with van der Waals surface area (Å²) in [6, 6.07) is 0. The van der Waals surface area contributed by atoms with E-state index in [0.29, 0.717) is 0 Å². The Hall–Kier alpha value is -1.31. The Morgan fingerprint density at radius 1 is 1.50 bits per heavy atom. The number of allylic oxidation sites excluding steroid dienone is 4. The number of rotatable bonds is 3. The molecule has 0 fully saturated rings. The van der Waals surface area contributed by atoms with Crippen molar-refractivity contribution < 1.29 is 4.79 Å². The summed E-state index contributed by atoms with van der Waals surface area (Å²) < 4.78 is 0. The highest BCUT2D eigenvalue weighted by Crippen LogP contribution is 1.89. The van der Waals surface area contributed by atoms with Crippen LogP contribution in [0.5, 0.6) is 0 Å². The van der Waals surface area contributed by atoms with Gasteiger partial charge >= 0.3 is 0 Å². The number of nitrogens with one attached hydrogen (secondary N) is 1. The number of carbonyl (C=O) groups is 1. The maximum Gasteiger partial charge on any atom is 0.143 e. The molecule has 12 heavy (non-hydrogen) atoms. The highest BCUT2D eigenvalue weighted by Gasteiger charge is 1.75. The van der Waals surface area contributed by atoms with Gasteiger partial charge in [-0.25, -0.2) is 0 Å². The third kappa shape index (κ3) is 15.9. The number of aldehydes is 1.